The van der Waals surface area contributed by atoms with E-state index in [4.69, 9.17) is 11.6 Å². The van der Waals surface area contributed by atoms with Crippen LogP contribution >= 0.6 is 22.9 Å². The number of carbonyl (C=O) groups is 1. The fraction of sp³-hybridized carbons (Fsp3) is 0.375. The number of amides is 1. The van der Waals surface area contributed by atoms with Crippen LogP contribution in [-0.2, 0) is 11.2 Å². The van der Waals surface area contributed by atoms with Crippen LogP contribution in [0.25, 0.3) is 0 Å². The smallest absolute Gasteiger partial charge is 0.222 e. The molecule has 0 aliphatic heterocycles. The molecule has 1 aromatic heterocycles. The van der Waals surface area contributed by atoms with E-state index < -0.39 is 0 Å². The SMILES string of the molecule is CC(c1cncs1)N(C)C(=O)CCCc1ccc(Cl)cc1. The third-order valence-electron chi connectivity index (χ3n) is 3.61. The number of thiazole rings is 1. The molecule has 0 saturated carbocycles. The lowest BCUT2D eigenvalue weighted by atomic mass is 10.1. The molecular weight excluding hydrogens is 304 g/mol. The fourth-order valence-corrected chi connectivity index (χ4v) is 2.96. The Bertz CT molecular complexity index is 568. The van der Waals surface area contributed by atoms with Gasteiger partial charge in [0.2, 0.25) is 5.91 Å². The van der Waals surface area contributed by atoms with Crippen LogP contribution in [0.2, 0.25) is 5.02 Å². The molecule has 0 aliphatic carbocycles. The largest absolute Gasteiger partial charge is 0.338 e. The van der Waals surface area contributed by atoms with E-state index >= 15 is 0 Å². The van der Waals surface area contributed by atoms with Crippen LogP contribution in [0.5, 0.6) is 0 Å². The Morgan fingerprint density at radius 3 is 2.71 bits per heavy atom. The second-order valence-electron chi connectivity index (χ2n) is 5.06. The minimum atomic E-state index is 0.0838. The molecule has 0 saturated heterocycles. The van der Waals surface area contributed by atoms with Crippen molar-refractivity contribution in [3.05, 3.63) is 51.4 Å². The third-order valence-corrected chi connectivity index (χ3v) is 4.80. The number of benzene rings is 1. The number of nitrogens with zero attached hydrogens (tertiary/aromatic N) is 2. The van der Waals surface area contributed by atoms with Crippen molar-refractivity contribution in [3.63, 3.8) is 0 Å². The average Bonchev–Trinajstić information content (AvgIpc) is 3.02. The molecular formula is C16H19ClN2OS. The van der Waals surface area contributed by atoms with Crippen LogP contribution in [-0.4, -0.2) is 22.8 Å². The van der Waals surface area contributed by atoms with Gasteiger partial charge in [-0.3, -0.25) is 9.78 Å². The number of hydrogen-bond donors (Lipinski definition) is 0. The van der Waals surface area contributed by atoms with Gasteiger partial charge in [-0.25, -0.2) is 0 Å². The van der Waals surface area contributed by atoms with Crippen molar-refractivity contribution < 1.29 is 4.79 Å². The van der Waals surface area contributed by atoms with E-state index in [2.05, 4.69) is 4.98 Å². The van der Waals surface area contributed by atoms with Gasteiger partial charge in [-0.15, -0.1) is 11.3 Å². The van der Waals surface area contributed by atoms with Crippen LogP contribution < -0.4 is 0 Å². The van der Waals surface area contributed by atoms with E-state index in [1.807, 2.05) is 44.4 Å². The Balaban J connectivity index is 1.80. The summed E-state index contributed by atoms with van der Waals surface area (Å²) in [5.41, 5.74) is 3.01. The quantitative estimate of drug-likeness (QED) is 0.792. The van der Waals surface area contributed by atoms with E-state index in [0.29, 0.717) is 6.42 Å². The maximum absolute atomic E-state index is 12.2. The zero-order valence-corrected chi connectivity index (χ0v) is 13.8. The first-order valence-electron chi connectivity index (χ1n) is 6.96. The minimum absolute atomic E-state index is 0.0838. The Kier molecular flexibility index (Phi) is 5.76. The highest BCUT2D eigenvalue weighted by Gasteiger charge is 2.17. The zero-order valence-electron chi connectivity index (χ0n) is 12.3. The molecule has 1 heterocycles. The van der Waals surface area contributed by atoms with Crippen molar-refractivity contribution in [2.75, 3.05) is 7.05 Å². The number of carbonyl (C=O) groups excluding carboxylic acids is 1. The highest BCUT2D eigenvalue weighted by Crippen LogP contribution is 2.23. The molecule has 112 valence electrons. The Labute approximate surface area is 134 Å². The lowest BCUT2D eigenvalue weighted by Gasteiger charge is -2.23. The number of rotatable bonds is 6. The highest BCUT2D eigenvalue weighted by molar-refractivity contribution is 7.09. The molecule has 2 aromatic rings. The molecule has 0 bridgehead atoms. The molecule has 5 heteroatoms. The van der Waals surface area contributed by atoms with Gasteiger partial charge in [-0.1, -0.05) is 23.7 Å². The highest BCUT2D eigenvalue weighted by atomic mass is 35.5. The summed E-state index contributed by atoms with van der Waals surface area (Å²) in [5.74, 6) is 0.171. The molecule has 1 aromatic carbocycles. The lowest BCUT2D eigenvalue weighted by molar-refractivity contribution is -0.131. The molecule has 1 unspecified atom stereocenters. The summed E-state index contributed by atoms with van der Waals surface area (Å²) >= 11 is 7.44. The van der Waals surface area contributed by atoms with Crippen molar-refractivity contribution in [1.82, 2.24) is 9.88 Å². The van der Waals surface area contributed by atoms with Gasteiger partial charge in [-0.05, 0) is 37.5 Å². The predicted octanol–water partition coefficient (Wildman–Crippen LogP) is 4.34. The summed E-state index contributed by atoms with van der Waals surface area (Å²) in [6.07, 6.45) is 4.13. The van der Waals surface area contributed by atoms with Gasteiger partial charge in [0.05, 0.1) is 11.6 Å². The van der Waals surface area contributed by atoms with Gasteiger partial charge < -0.3 is 4.90 Å². The first kappa shape index (κ1) is 16.0. The maximum Gasteiger partial charge on any atom is 0.222 e. The van der Waals surface area contributed by atoms with Crippen molar-refractivity contribution in [1.29, 1.82) is 0 Å². The van der Waals surface area contributed by atoms with Crippen LogP contribution in [0.15, 0.2) is 36.0 Å². The molecule has 1 amide bonds. The van der Waals surface area contributed by atoms with Crippen molar-refractivity contribution >= 4 is 28.8 Å². The number of aryl methyl sites for hydroxylation is 1. The zero-order chi connectivity index (χ0) is 15.2. The first-order chi connectivity index (χ1) is 10.1. The van der Waals surface area contributed by atoms with E-state index in [-0.39, 0.29) is 11.9 Å². The maximum atomic E-state index is 12.2. The standard InChI is InChI=1S/C16H19ClN2OS/c1-12(15-10-18-11-21-15)19(2)16(20)5-3-4-13-6-8-14(17)9-7-13/h6-12H,3-5H2,1-2H3. The molecule has 0 fully saturated rings. The number of aromatic nitrogens is 1. The number of halogens is 1. The topological polar surface area (TPSA) is 33.2 Å². The summed E-state index contributed by atoms with van der Waals surface area (Å²) in [4.78, 5) is 19.2. The first-order valence-corrected chi connectivity index (χ1v) is 8.22. The van der Waals surface area contributed by atoms with Gasteiger partial charge >= 0.3 is 0 Å². The summed E-state index contributed by atoms with van der Waals surface area (Å²) in [7, 11) is 1.86. The van der Waals surface area contributed by atoms with Gasteiger partial charge in [0, 0.05) is 29.6 Å². The molecule has 0 aliphatic rings. The van der Waals surface area contributed by atoms with Crippen LogP contribution in [0.1, 0.15) is 36.2 Å². The second kappa shape index (κ2) is 7.57. The lowest BCUT2D eigenvalue weighted by Crippen LogP contribution is -2.29. The van der Waals surface area contributed by atoms with Gasteiger partial charge in [0.1, 0.15) is 0 Å². The van der Waals surface area contributed by atoms with Crippen LogP contribution in [0, 0.1) is 0 Å². The summed E-state index contributed by atoms with van der Waals surface area (Å²) < 4.78 is 0. The second-order valence-corrected chi connectivity index (χ2v) is 6.42. The molecule has 0 N–H and O–H groups in total. The van der Waals surface area contributed by atoms with Crippen molar-refractivity contribution in [2.45, 2.75) is 32.2 Å². The molecule has 2 rings (SSSR count). The molecule has 3 nitrogen and oxygen atoms in total. The van der Waals surface area contributed by atoms with Gasteiger partial charge in [0.25, 0.3) is 0 Å². The molecule has 1 atom stereocenters. The van der Waals surface area contributed by atoms with Crippen LogP contribution in [0.4, 0.5) is 0 Å². The van der Waals surface area contributed by atoms with E-state index in [1.54, 1.807) is 21.7 Å². The summed E-state index contributed by atoms with van der Waals surface area (Å²) in [5, 5.41) is 0.743. The predicted molar refractivity (Wildman–Crippen MR) is 87.7 cm³/mol. The summed E-state index contributed by atoms with van der Waals surface area (Å²) in [6, 6.07) is 7.88. The summed E-state index contributed by atoms with van der Waals surface area (Å²) in [6.45, 7) is 2.03. The van der Waals surface area contributed by atoms with Crippen molar-refractivity contribution in [3.8, 4) is 0 Å². The molecule has 21 heavy (non-hydrogen) atoms. The van der Waals surface area contributed by atoms with E-state index in [0.717, 1.165) is 22.7 Å². The van der Waals surface area contributed by atoms with Gasteiger partial charge in [-0.2, -0.15) is 0 Å². The Morgan fingerprint density at radius 1 is 1.38 bits per heavy atom. The normalized spacial score (nSPS) is 12.1. The molecule has 0 spiro atoms. The minimum Gasteiger partial charge on any atom is -0.338 e. The van der Waals surface area contributed by atoms with Crippen molar-refractivity contribution in [2.24, 2.45) is 0 Å². The third kappa shape index (κ3) is 4.55. The Morgan fingerprint density at radius 2 is 2.10 bits per heavy atom. The van der Waals surface area contributed by atoms with E-state index in [1.165, 1.54) is 5.56 Å². The average molecular weight is 323 g/mol. The molecule has 0 radical (unpaired) electrons. The van der Waals surface area contributed by atoms with Crippen LogP contribution in [0.3, 0.4) is 0 Å². The fourth-order valence-electron chi connectivity index (χ4n) is 2.11. The number of hydrogen-bond acceptors (Lipinski definition) is 3. The van der Waals surface area contributed by atoms with E-state index in [9.17, 15) is 4.79 Å². The van der Waals surface area contributed by atoms with Gasteiger partial charge in [0.15, 0.2) is 0 Å². The Hall–Kier alpha value is -1.39. The monoisotopic (exact) mass is 322 g/mol.